The minimum Gasteiger partial charge on any atom is -0.494 e. The summed E-state index contributed by atoms with van der Waals surface area (Å²) in [6.07, 6.45) is 1.02. The van der Waals surface area contributed by atoms with E-state index >= 15 is 0 Å². The number of carbonyl (C=O) groups excluding carboxylic acids is 1. The number of hydrogen-bond donors (Lipinski definition) is 2. The van der Waals surface area contributed by atoms with Gasteiger partial charge in [-0.15, -0.1) is 0 Å². The monoisotopic (exact) mass is 360 g/mol. The number of rotatable bonds is 8. The average molecular weight is 361 g/mol. The van der Waals surface area contributed by atoms with Gasteiger partial charge in [-0.1, -0.05) is 31.5 Å². The topological polar surface area (TPSA) is 50.4 Å². The van der Waals surface area contributed by atoms with E-state index in [0.717, 1.165) is 29.1 Å². The molecule has 0 aliphatic rings. The number of nitrogens with one attached hydrogen (secondary N) is 2. The predicted molar refractivity (Wildman–Crippen MR) is 105 cm³/mol. The van der Waals surface area contributed by atoms with Crippen LogP contribution in [0.2, 0.25) is 5.02 Å². The summed E-state index contributed by atoms with van der Waals surface area (Å²) in [5, 5.41) is 6.59. The maximum absolute atomic E-state index is 12.0. The summed E-state index contributed by atoms with van der Waals surface area (Å²) in [4.78, 5) is 12.0. The zero-order valence-electron chi connectivity index (χ0n) is 14.9. The third-order valence-corrected chi connectivity index (χ3v) is 4.13. The molecule has 25 heavy (non-hydrogen) atoms. The summed E-state index contributed by atoms with van der Waals surface area (Å²) < 4.78 is 5.67. The highest BCUT2D eigenvalue weighted by Gasteiger charge is 2.04. The second kappa shape index (κ2) is 9.33. The smallest absolute Gasteiger partial charge is 0.243 e. The number of benzene rings is 2. The molecule has 0 radical (unpaired) electrons. The Morgan fingerprint density at radius 2 is 1.80 bits per heavy atom. The van der Waals surface area contributed by atoms with E-state index in [1.807, 2.05) is 49.4 Å². The number of carbonyl (C=O) groups is 1. The van der Waals surface area contributed by atoms with Crippen molar-refractivity contribution >= 4 is 28.9 Å². The molecular weight excluding hydrogens is 336 g/mol. The van der Waals surface area contributed by atoms with Gasteiger partial charge >= 0.3 is 0 Å². The van der Waals surface area contributed by atoms with E-state index in [0.29, 0.717) is 17.5 Å². The zero-order valence-corrected chi connectivity index (χ0v) is 15.7. The molecule has 0 aliphatic carbocycles. The third kappa shape index (κ3) is 6.67. The number of ether oxygens (including phenoxy) is 1. The Morgan fingerprint density at radius 3 is 2.44 bits per heavy atom. The van der Waals surface area contributed by atoms with Crippen LogP contribution < -0.4 is 15.4 Å². The molecule has 0 unspecified atom stereocenters. The Morgan fingerprint density at radius 1 is 1.12 bits per heavy atom. The van der Waals surface area contributed by atoms with Gasteiger partial charge in [-0.3, -0.25) is 4.79 Å². The van der Waals surface area contributed by atoms with Crippen molar-refractivity contribution in [3.8, 4) is 5.75 Å². The Kier molecular flexibility index (Phi) is 7.14. The van der Waals surface area contributed by atoms with Gasteiger partial charge in [0.1, 0.15) is 5.75 Å². The van der Waals surface area contributed by atoms with Crippen LogP contribution in [0.1, 0.15) is 25.8 Å². The van der Waals surface area contributed by atoms with Gasteiger partial charge in [0, 0.05) is 16.4 Å². The minimum atomic E-state index is -0.120. The molecule has 4 nitrogen and oxygen atoms in total. The predicted octanol–water partition coefficient (Wildman–Crippen LogP) is 5.12. The Bertz CT molecular complexity index is 699. The summed E-state index contributed by atoms with van der Waals surface area (Å²) >= 11 is 6.07. The fraction of sp³-hybridized carbons (Fsp3) is 0.350. The van der Waals surface area contributed by atoms with Gasteiger partial charge in [-0.2, -0.15) is 0 Å². The van der Waals surface area contributed by atoms with Crippen molar-refractivity contribution in [3.05, 3.63) is 53.1 Å². The van der Waals surface area contributed by atoms with Gasteiger partial charge < -0.3 is 15.4 Å². The lowest BCUT2D eigenvalue weighted by atomic mass is 10.1. The third-order valence-electron chi connectivity index (χ3n) is 3.73. The second-order valence-corrected chi connectivity index (χ2v) is 6.83. The maximum Gasteiger partial charge on any atom is 0.243 e. The quantitative estimate of drug-likeness (QED) is 0.686. The molecule has 5 heteroatoms. The van der Waals surface area contributed by atoms with Crippen molar-refractivity contribution in [3.63, 3.8) is 0 Å². The van der Waals surface area contributed by atoms with E-state index in [2.05, 4.69) is 24.5 Å². The van der Waals surface area contributed by atoms with Crippen LogP contribution in [0.3, 0.4) is 0 Å². The number of hydrogen-bond acceptors (Lipinski definition) is 3. The maximum atomic E-state index is 12.0. The van der Waals surface area contributed by atoms with Crippen molar-refractivity contribution in [1.82, 2.24) is 0 Å². The molecule has 0 spiro atoms. The van der Waals surface area contributed by atoms with Crippen molar-refractivity contribution in [2.75, 3.05) is 23.8 Å². The first-order valence-electron chi connectivity index (χ1n) is 8.47. The van der Waals surface area contributed by atoms with Gasteiger partial charge in [-0.05, 0) is 61.2 Å². The number of anilines is 2. The zero-order chi connectivity index (χ0) is 18.2. The van der Waals surface area contributed by atoms with Gasteiger partial charge in [0.2, 0.25) is 5.91 Å². The summed E-state index contributed by atoms with van der Waals surface area (Å²) in [6, 6.07) is 13.0. The van der Waals surface area contributed by atoms with Gasteiger partial charge in [0.25, 0.3) is 0 Å². The van der Waals surface area contributed by atoms with E-state index in [9.17, 15) is 4.79 Å². The lowest BCUT2D eigenvalue weighted by Crippen LogP contribution is -2.21. The fourth-order valence-electron chi connectivity index (χ4n) is 2.14. The van der Waals surface area contributed by atoms with E-state index in [-0.39, 0.29) is 12.5 Å². The van der Waals surface area contributed by atoms with E-state index in [4.69, 9.17) is 16.3 Å². The average Bonchev–Trinajstić information content (AvgIpc) is 2.57. The highest BCUT2D eigenvalue weighted by Crippen LogP contribution is 2.20. The molecule has 134 valence electrons. The molecule has 0 aliphatic heterocycles. The van der Waals surface area contributed by atoms with Gasteiger partial charge in [0.05, 0.1) is 13.2 Å². The summed E-state index contributed by atoms with van der Waals surface area (Å²) in [5.74, 6) is 1.31. The number of halogens is 1. The highest BCUT2D eigenvalue weighted by molar-refractivity contribution is 6.31. The molecule has 0 fully saturated rings. The van der Waals surface area contributed by atoms with Crippen LogP contribution in [0.5, 0.6) is 5.75 Å². The molecule has 0 bridgehead atoms. The first kappa shape index (κ1) is 19.1. The number of aryl methyl sites for hydroxylation is 1. The van der Waals surface area contributed by atoms with Crippen molar-refractivity contribution < 1.29 is 9.53 Å². The SMILES string of the molecule is Cc1ccc(NCC(=O)Nc2ccc(OCCC(C)C)cc2)cc1Cl. The van der Waals surface area contributed by atoms with Crippen LogP contribution >= 0.6 is 11.6 Å². The standard InChI is InChI=1S/C20H25ClN2O2/c1-14(2)10-11-25-18-8-6-16(7-9-18)23-20(24)13-22-17-5-4-15(3)19(21)12-17/h4-9,12,14,22H,10-11,13H2,1-3H3,(H,23,24). The molecule has 0 saturated carbocycles. The van der Waals surface area contributed by atoms with E-state index in [1.54, 1.807) is 0 Å². The molecule has 0 atom stereocenters. The van der Waals surface area contributed by atoms with Gasteiger partial charge in [0.15, 0.2) is 0 Å². The molecule has 2 N–H and O–H groups in total. The lowest BCUT2D eigenvalue weighted by Gasteiger charge is -2.10. The molecule has 2 aromatic carbocycles. The first-order valence-corrected chi connectivity index (χ1v) is 8.84. The highest BCUT2D eigenvalue weighted by atomic mass is 35.5. The molecule has 0 aromatic heterocycles. The van der Waals surface area contributed by atoms with Gasteiger partial charge in [-0.25, -0.2) is 0 Å². The number of amides is 1. The van der Waals surface area contributed by atoms with Crippen molar-refractivity contribution in [1.29, 1.82) is 0 Å². The van der Waals surface area contributed by atoms with Crippen LogP contribution in [0.25, 0.3) is 0 Å². The summed E-state index contributed by atoms with van der Waals surface area (Å²) in [7, 11) is 0. The lowest BCUT2D eigenvalue weighted by molar-refractivity contribution is -0.114. The molecule has 1 amide bonds. The first-order chi connectivity index (χ1) is 11.9. The summed E-state index contributed by atoms with van der Waals surface area (Å²) in [6.45, 7) is 7.15. The largest absolute Gasteiger partial charge is 0.494 e. The Balaban J connectivity index is 1.78. The Hall–Kier alpha value is -2.20. The summed E-state index contributed by atoms with van der Waals surface area (Å²) in [5.41, 5.74) is 2.57. The van der Waals surface area contributed by atoms with Crippen LogP contribution in [0, 0.1) is 12.8 Å². The minimum absolute atomic E-state index is 0.120. The molecule has 0 heterocycles. The molecule has 0 saturated heterocycles. The normalized spacial score (nSPS) is 10.6. The fourth-order valence-corrected chi connectivity index (χ4v) is 2.32. The molecule has 2 aromatic rings. The van der Waals surface area contributed by atoms with E-state index < -0.39 is 0 Å². The van der Waals surface area contributed by atoms with Crippen molar-refractivity contribution in [2.24, 2.45) is 5.92 Å². The van der Waals surface area contributed by atoms with Crippen LogP contribution in [0.15, 0.2) is 42.5 Å². The van der Waals surface area contributed by atoms with Crippen LogP contribution in [-0.4, -0.2) is 19.1 Å². The molecular formula is C20H25ClN2O2. The van der Waals surface area contributed by atoms with Crippen molar-refractivity contribution in [2.45, 2.75) is 27.2 Å². The Labute approximate surface area is 154 Å². The van der Waals surface area contributed by atoms with Crippen LogP contribution in [-0.2, 0) is 4.79 Å². The molecule has 2 rings (SSSR count). The van der Waals surface area contributed by atoms with E-state index in [1.165, 1.54) is 0 Å². The van der Waals surface area contributed by atoms with Crippen LogP contribution in [0.4, 0.5) is 11.4 Å². The second-order valence-electron chi connectivity index (χ2n) is 6.42.